The SMILES string of the molecule is CCCC[C@H](O)CC1=CC[C@@H]2[C@H](CC[C@@]3(C)[C@H]2CCC32OCCO2)C1. The average Bonchev–Trinajstić information content (AvgIpc) is 3.20. The Kier molecular flexibility index (Phi) is 5.02. The van der Waals surface area contributed by atoms with E-state index >= 15 is 0 Å². The van der Waals surface area contributed by atoms with Gasteiger partial charge in [0.05, 0.1) is 19.3 Å². The van der Waals surface area contributed by atoms with Gasteiger partial charge in [-0.2, -0.15) is 0 Å². The van der Waals surface area contributed by atoms with Gasteiger partial charge in [-0.3, -0.25) is 0 Å². The Hall–Kier alpha value is -0.380. The van der Waals surface area contributed by atoms with E-state index in [0.717, 1.165) is 56.7 Å². The second-order valence-electron chi connectivity index (χ2n) is 9.28. The lowest BCUT2D eigenvalue weighted by atomic mass is 9.56. The highest BCUT2D eigenvalue weighted by molar-refractivity contribution is 5.16. The molecule has 0 bridgehead atoms. The van der Waals surface area contributed by atoms with Crippen LogP contribution in [0.3, 0.4) is 0 Å². The van der Waals surface area contributed by atoms with Gasteiger partial charge in [0.15, 0.2) is 5.79 Å². The maximum absolute atomic E-state index is 10.3. The molecule has 1 heterocycles. The Morgan fingerprint density at radius 2 is 2.04 bits per heavy atom. The molecular formula is C22H36O3. The summed E-state index contributed by atoms with van der Waals surface area (Å²) < 4.78 is 12.4. The zero-order chi connectivity index (χ0) is 17.5. The largest absolute Gasteiger partial charge is 0.393 e. The van der Waals surface area contributed by atoms with Gasteiger partial charge < -0.3 is 14.6 Å². The van der Waals surface area contributed by atoms with Gasteiger partial charge in [-0.05, 0) is 62.7 Å². The summed E-state index contributed by atoms with van der Waals surface area (Å²) in [6, 6.07) is 0. The predicted molar refractivity (Wildman–Crippen MR) is 99.1 cm³/mol. The fourth-order valence-corrected chi connectivity index (χ4v) is 6.60. The summed E-state index contributed by atoms with van der Waals surface area (Å²) in [6.45, 7) is 6.19. The molecule has 4 rings (SSSR count). The average molecular weight is 349 g/mol. The fraction of sp³-hybridized carbons (Fsp3) is 0.909. The van der Waals surface area contributed by atoms with Crippen LogP contribution in [0.2, 0.25) is 0 Å². The van der Waals surface area contributed by atoms with Crippen molar-refractivity contribution in [2.75, 3.05) is 13.2 Å². The van der Waals surface area contributed by atoms with Gasteiger partial charge in [0.2, 0.25) is 0 Å². The fourth-order valence-electron chi connectivity index (χ4n) is 6.60. The van der Waals surface area contributed by atoms with Crippen LogP contribution in [0.25, 0.3) is 0 Å². The number of ether oxygens (including phenoxy) is 2. The molecule has 1 aliphatic heterocycles. The normalized spacial score (nSPS) is 40.6. The Labute approximate surface area is 153 Å². The van der Waals surface area contributed by atoms with Crippen molar-refractivity contribution in [3.63, 3.8) is 0 Å². The maximum Gasteiger partial charge on any atom is 0.174 e. The van der Waals surface area contributed by atoms with Crippen molar-refractivity contribution in [3.05, 3.63) is 11.6 Å². The summed E-state index contributed by atoms with van der Waals surface area (Å²) in [7, 11) is 0. The topological polar surface area (TPSA) is 38.7 Å². The second-order valence-corrected chi connectivity index (χ2v) is 9.28. The molecule has 0 radical (unpaired) electrons. The molecule has 3 aliphatic carbocycles. The minimum Gasteiger partial charge on any atom is -0.393 e. The molecule has 0 unspecified atom stereocenters. The van der Waals surface area contributed by atoms with Crippen LogP contribution in [0.4, 0.5) is 0 Å². The first-order valence-electron chi connectivity index (χ1n) is 10.7. The van der Waals surface area contributed by atoms with Gasteiger partial charge in [0, 0.05) is 11.8 Å². The molecule has 142 valence electrons. The van der Waals surface area contributed by atoms with E-state index in [2.05, 4.69) is 19.9 Å². The molecule has 0 aromatic carbocycles. The Bertz CT molecular complexity index is 507. The number of fused-ring (bicyclic) bond motifs is 4. The minimum absolute atomic E-state index is 0.133. The number of aliphatic hydroxyl groups excluding tert-OH is 1. The van der Waals surface area contributed by atoms with Crippen molar-refractivity contribution in [1.82, 2.24) is 0 Å². The van der Waals surface area contributed by atoms with Crippen LogP contribution in [-0.2, 0) is 9.47 Å². The molecule has 1 saturated heterocycles. The van der Waals surface area contributed by atoms with Crippen LogP contribution in [0.15, 0.2) is 11.6 Å². The Morgan fingerprint density at radius 1 is 1.24 bits per heavy atom. The van der Waals surface area contributed by atoms with E-state index in [0.29, 0.717) is 0 Å². The smallest absolute Gasteiger partial charge is 0.174 e. The third-order valence-corrected chi connectivity index (χ3v) is 7.98. The van der Waals surface area contributed by atoms with Crippen molar-refractivity contribution in [1.29, 1.82) is 0 Å². The van der Waals surface area contributed by atoms with Gasteiger partial charge in [-0.1, -0.05) is 38.3 Å². The third kappa shape index (κ3) is 3.00. The summed E-state index contributed by atoms with van der Waals surface area (Å²) in [6.07, 6.45) is 13.8. The molecule has 2 saturated carbocycles. The number of rotatable bonds is 5. The van der Waals surface area contributed by atoms with E-state index in [4.69, 9.17) is 9.47 Å². The highest BCUT2D eigenvalue weighted by Crippen LogP contribution is 2.65. The monoisotopic (exact) mass is 348 g/mol. The number of hydrogen-bond donors (Lipinski definition) is 1. The highest BCUT2D eigenvalue weighted by atomic mass is 16.7. The molecular weight excluding hydrogens is 312 g/mol. The molecule has 25 heavy (non-hydrogen) atoms. The highest BCUT2D eigenvalue weighted by Gasteiger charge is 2.64. The van der Waals surface area contributed by atoms with E-state index in [1.165, 1.54) is 44.1 Å². The van der Waals surface area contributed by atoms with Crippen LogP contribution < -0.4 is 0 Å². The maximum atomic E-state index is 10.3. The molecule has 0 amide bonds. The molecule has 4 aliphatic rings. The van der Waals surface area contributed by atoms with Crippen LogP contribution in [-0.4, -0.2) is 30.2 Å². The molecule has 3 heteroatoms. The molecule has 1 N–H and O–H groups in total. The number of unbranched alkanes of at least 4 members (excludes halogenated alkanes) is 1. The Morgan fingerprint density at radius 3 is 2.80 bits per heavy atom. The lowest BCUT2D eigenvalue weighted by molar-refractivity contribution is -0.238. The number of hydrogen-bond acceptors (Lipinski definition) is 3. The van der Waals surface area contributed by atoms with Crippen molar-refractivity contribution in [2.24, 2.45) is 23.2 Å². The van der Waals surface area contributed by atoms with E-state index in [-0.39, 0.29) is 17.3 Å². The van der Waals surface area contributed by atoms with Crippen molar-refractivity contribution in [2.45, 2.75) is 89.9 Å². The minimum atomic E-state index is -0.275. The van der Waals surface area contributed by atoms with Crippen LogP contribution >= 0.6 is 0 Å². The van der Waals surface area contributed by atoms with Gasteiger partial charge in [-0.25, -0.2) is 0 Å². The van der Waals surface area contributed by atoms with Gasteiger partial charge in [-0.15, -0.1) is 0 Å². The Balaban J connectivity index is 1.43. The van der Waals surface area contributed by atoms with Crippen LogP contribution in [0, 0.1) is 23.2 Å². The molecule has 0 aromatic heterocycles. The van der Waals surface area contributed by atoms with Crippen molar-refractivity contribution in [3.8, 4) is 0 Å². The lowest BCUT2D eigenvalue weighted by Gasteiger charge is -2.52. The predicted octanol–water partition coefficient (Wildman–Crippen LogP) is 4.83. The second kappa shape index (κ2) is 6.98. The summed E-state index contributed by atoms with van der Waals surface area (Å²) in [5.41, 5.74) is 1.73. The third-order valence-electron chi connectivity index (χ3n) is 7.98. The first kappa shape index (κ1) is 18.0. The van der Waals surface area contributed by atoms with Crippen LogP contribution in [0.1, 0.15) is 78.1 Å². The lowest BCUT2D eigenvalue weighted by Crippen LogP contribution is -2.51. The first-order chi connectivity index (χ1) is 12.1. The summed E-state index contributed by atoms with van der Waals surface area (Å²) in [5.74, 6) is 2.07. The standard InChI is InChI=1S/C22H36O3/c1-3-4-5-18(23)15-16-6-7-19-17(14-16)8-10-21(2)20(19)9-11-22(21)24-12-13-25-22/h6,17-20,23H,3-5,7-15H2,1-2H3/t17-,18+,19-,20+,21+/m1/s1. The van der Waals surface area contributed by atoms with Crippen LogP contribution in [0.5, 0.6) is 0 Å². The molecule has 5 atom stereocenters. The molecule has 3 fully saturated rings. The summed E-state index contributed by atoms with van der Waals surface area (Å²) in [5, 5.41) is 10.3. The van der Waals surface area contributed by atoms with Gasteiger partial charge in [0.25, 0.3) is 0 Å². The molecule has 1 spiro atoms. The quantitative estimate of drug-likeness (QED) is 0.723. The number of aliphatic hydroxyl groups is 1. The molecule has 3 nitrogen and oxygen atoms in total. The zero-order valence-corrected chi connectivity index (χ0v) is 16.1. The zero-order valence-electron chi connectivity index (χ0n) is 16.1. The van der Waals surface area contributed by atoms with Crippen molar-refractivity contribution < 1.29 is 14.6 Å². The summed E-state index contributed by atoms with van der Waals surface area (Å²) >= 11 is 0. The van der Waals surface area contributed by atoms with Gasteiger partial charge in [0.1, 0.15) is 0 Å². The van der Waals surface area contributed by atoms with E-state index in [1.54, 1.807) is 0 Å². The van der Waals surface area contributed by atoms with E-state index in [9.17, 15) is 5.11 Å². The van der Waals surface area contributed by atoms with Crippen molar-refractivity contribution >= 4 is 0 Å². The summed E-state index contributed by atoms with van der Waals surface area (Å²) in [4.78, 5) is 0. The number of allylic oxidation sites excluding steroid dienone is 1. The molecule has 0 aromatic rings. The van der Waals surface area contributed by atoms with E-state index < -0.39 is 0 Å². The van der Waals surface area contributed by atoms with E-state index in [1.807, 2.05) is 0 Å². The van der Waals surface area contributed by atoms with Gasteiger partial charge >= 0.3 is 0 Å². The first-order valence-corrected chi connectivity index (χ1v) is 10.7.